The fourth-order valence-electron chi connectivity index (χ4n) is 3.77. The number of rotatable bonds is 4. The zero-order valence-electron chi connectivity index (χ0n) is 14.0. The molecule has 2 fully saturated rings. The van der Waals surface area contributed by atoms with Crippen LogP contribution in [0, 0.1) is 0 Å². The van der Waals surface area contributed by atoms with Crippen LogP contribution in [-0.4, -0.2) is 46.8 Å². The largest absolute Gasteiger partial charge is 0.472 e. The molecule has 1 aromatic heterocycles. The predicted octanol–water partition coefficient (Wildman–Crippen LogP) is 2.38. The first kappa shape index (κ1) is 15.8. The second-order valence-corrected chi connectivity index (χ2v) is 6.88. The Morgan fingerprint density at radius 2 is 2.22 bits per heavy atom. The molecule has 2 amide bonds. The van der Waals surface area contributed by atoms with Crippen LogP contribution in [0.5, 0.6) is 0 Å². The molecule has 5 heteroatoms. The van der Waals surface area contributed by atoms with Gasteiger partial charge in [0.2, 0.25) is 11.8 Å². The highest BCUT2D eigenvalue weighted by Crippen LogP contribution is 2.39. The first-order chi connectivity index (χ1) is 11.0. The van der Waals surface area contributed by atoms with Crippen LogP contribution in [-0.2, 0) is 16.0 Å². The lowest BCUT2D eigenvalue weighted by Gasteiger charge is -2.48. The lowest BCUT2D eigenvalue weighted by molar-refractivity contribution is -0.165. The highest BCUT2D eigenvalue weighted by atomic mass is 16.3. The van der Waals surface area contributed by atoms with Gasteiger partial charge in [-0.1, -0.05) is 11.6 Å². The maximum atomic E-state index is 13.1. The number of nitrogens with zero attached hydrogens (tertiary/aromatic N) is 2. The summed E-state index contributed by atoms with van der Waals surface area (Å²) in [5.41, 5.74) is 1.45. The van der Waals surface area contributed by atoms with E-state index in [1.54, 1.807) is 24.5 Å². The van der Waals surface area contributed by atoms with Gasteiger partial charge in [-0.05, 0) is 44.7 Å². The molecule has 0 unspecified atom stereocenters. The van der Waals surface area contributed by atoms with Crippen molar-refractivity contribution < 1.29 is 14.0 Å². The molecule has 3 heterocycles. The van der Waals surface area contributed by atoms with Crippen molar-refractivity contribution in [2.45, 2.75) is 51.1 Å². The topological polar surface area (TPSA) is 53.8 Å². The van der Waals surface area contributed by atoms with Gasteiger partial charge in [0, 0.05) is 20.0 Å². The van der Waals surface area contributed by atoms with Crippen LogP contribution in [0.3, 0.4) is 0 Å². The summed E-state index contributed by atoms with van der Waals surface area (Å²) in [6.07, 6.45) is 8.08. The van der Waals surface area contributed by atoms with E-state index in [9.17, 15) is 9.59 Å². The van der Waals surface area contributed by atoms with Crippen molar-refractivity contribution in [2.24, 2.45) is 0 Å². The Kier molecular flexibility index (Phi) is 4.04. The molecule has 5 nitrogen and oxygen atoms in total. The Labute approximate surface area is 136 Å². The minimum atomic E-state index is -0.671. The van der Waals surface area contributed by atoms with Crippen molar-refractivity contribution in [3.8, 4) is 0 Å². The van der Waals surface area contributed by atoms with Crippen molar-refractivity contribution in [3.05, 3.63) is 35.8 Å². The summed E-state index contributed by atoms with van der Waals surface area (Å²) >= 11 is 0. The van der Waals surface area contributed by atoms with Crippen molar-refractivity contribution in [3.63, 3.8) is 0 Å². The van der Waals surface area contributed by atoms with Gasteiger partial charge in [-0.3, -0.25) is 9.59 Å². The van der Waals surface area contributed by atoms with Gasteiger partial charge >= 0.3 is 0 Å². The highest BCUT2D eigenvalue weighted by molar-refractivity contribution is 6.00. The molecule has 0 radical (unpaired) electrons. The molecular weight excluding hydrogens is 292 g/mol. The molecule has 2 atom stereocenters. The van der Waals surface area contributed by atoms with Gasteiger partial charge in [0.05, 0.1) is 12.5 Å². The minimum absolute atomic E-state index is 0.0629. The molecule has 0 aliphatic carbocycles. The first-order valence-electron chi connectivity index (χ1n) is 8.19. The molecule has 124 valence electrons. The molecule has 0 bridgehead atoms. The lowest BCUT2D eigenvalue weighted by atomic mass is 9.85. The number of fused-ring (bicyclic) bond motifs is 1. The molecule has 2 saturated heterocycles. The Balaban J connectivity index is 1.90. The number of carbonyl (C=O) groups is 2. The van der Waals surface area contributed by atoms with Crippen LogP contribution in [0.1, 0.15) is 38.7 Å². The summed E-state index contributed by atoms with van der Waals surface area (Å²) in [6, 6.07) is 1.42. The number of hydrogen-bond donors (Lipinski definition) is 0. The van der Waals surface area contributed by atoms with E-state index in [-0.39, 0.29) is 11.8 Å². The van der Waals surface area contributed by atoms with Crippen molar-refractivity contribution in [2.75, 3.05) is 13.6 Å². The quantitative estimate of drug-likeness (QED) is 0.801. The predicted molar refractivity (Wildman–Crippen MR) is 86.7 cm³/mol. The van der Waals surface area contributed by atoms with Gasteiger partial charge < -0.3 is 14.2 Å². The van der Waals surface area contributed by atoms with Gasteiger partial charge in [-0.15, -0.1) is 0 Å². The Morgan fingerprint density at radius 3 is 2.87 bits per heavy atom. The molecule has 2 aliphatic rings. The lowest BCUT2D eigenvalue weighted by Crippen LogP contribution is -2.68. The first-order valence-corrected chi connectivity index (χ1v) is 8.19. The Morgan fingerprint density at radius 1 is 1.43 bits per heavy atom. The van der Waals surface area contributed by atoms with Crippen LogP contribution in [0.25, 0.3) is 0 Å². The van der Waals surface area contributed by atoms with Crippen LogP contribution in [0.2, 0.25) is 0 Å². The maximum absolute atomic E-state index is 13.1. The monoisotopic (exact) mass is 316 g/mol. The number of amides is 2. The third-order valence-electron chi connectivity index (χ3n) is 5.08. The molecule has 3 rings (SSSR count). The number of furan rings is 1. The molecule has 23 heavy (non-hydrogen) atoms. The second kappa shape index (κ2) is 5.87. The average molecular weight is 316 g/mol. The highest BCUT2D eigenvalue weighted by Gasteiger charge is 2.56. The van der Waals surface area contributed by atoms with E-state index < -0.39 is 11.6 Å². The van der Waals surface area contributed by atoms with E-state index in [0.29, 0.717) is 19.4 Å². The maximum Gasteiger partial charge on any atom is 0.249 e. The van der Waals surface area contributed by atoms with Crippen LogP contribution >= 0.6 is 0 Å². The van der Waals surface area contributed by atoms with Gasteiger partial charge in [-0.25, -0.2) is 0 Å². The molecule has 2 aliphatic heterocycles. The Hall–Kier alpha value is -2.04. The fourth-order valence-corrected chi connectivity index (χ4v) is 3.77. The normalized spacial score (nSPS) is 27.3. The standard InChI is InChI=1S/C18H24N2O3/c1-13(2)5-8-18-7-4-9-20(18)16(21)15(19(3)17(18)22)11-14-6-10-23-12-14/h5-6,10,12,15H,4,7-9,11H2,1-3H3/t15-,18+/m0/s1. The molecule has 0 N–H and O–H groups in total. The summed E-state index contributed by atoms with van der Waals surface area (Å²) < 4.78 is 5.09. The minimum Gasteiger partial charge on any atom is -0.472 e. The summed E-state index contributed by atoms with van der Waals surface area (Å²) in [7, 11) is 1.75. The van der Waals surface area contributed by atoms with Gasteiger partial charge in [0.25, 0.3) is 0 Å². The number of hydrogen-bond acceptors (Lipinski definition) is 3. The fraction of sp³-hybridized carbons (Fsp3) is 0.556. The number of likely N-dealkylation sites (N-methyl/N-ethyl adjacent to an activating group) is 1. The summed E-state index contributed by atoms with van der Waals surface area (Å²) in [5, 5.41) is 0. The Bertz CT molecular complexity index is 631. The van der Waals surface area contributed by atoms with Crippen LogP contribution < -0.4 is 0 Å². The number of allylic oxidation sites excluding steroid dienone is 1. The number of piperazine rings is 1. The average Bonchev–Trinajstić information content (AvgIpc) is 3.17. The molecule has 0 saturated carbocycles. The van der Waals surface area contributed by atoms with Crippen molar-refractivity contribution >= 4 is 11.8 Å². The summed E-state index contributed by atoms with van der Waals surface area (Å²) in [5.74, 6) is 0.133. The van der Waals surface area contributed by atoms with E-state index in [1.807, 2.05) is 24.8 Å². The van der Waals surface area contributed by atoms with Crippen LogP contribution in [0.4, 0.5) is 0 Å². The zero-order valence-corrected chi connectivity index (χ0v) is 14.0. The van der Waals surface area contributed by atoms with E-state index in [4.69, 9.17) is 4.42 Å². The number of carbonyl (C=O) groups excluding carboxylic acids is 2. The van der Waals surface area contributed by atoms with E-state index in [2.05, 4.69) is 6.08 Å². The summed E-state index contributed by atoms with van der Waals surface area (Å²) in [4.78, 5) is 29.6. The molecule has 0 aromatic carbocycles. The molecular formula is C18H24N2O3. The van der Waals surface area contributed by atoms with E-state index >= 15 is 0 Å². The second-order valence-electron chi connectivity index (χ2n) is 6.88. The van der Waals surface area contributed by atoms with E-state index in [0.717, 1.165) is 18.4 Å². The van der Waals surface area contributed by atoms with Gasteiger partial charge in [-0.2, -0.15) is 0 Å². The zero-order chi connectivity index (χ0) is 16.6. The van der Waals surface area contributed by atoms with E-state index in [1.165, 1.54) is 5.57 Å². The van der Waals surface area contributed by atoms with Gasteiger partial charge in [0.1, 0.15) is 11.6 Å². The third-order valence-corrected chi connectivity index (χ3v) is 5.08. The van der Waals surface area contributed by atoms with Crippen molar-refractivity contribution in [1.82, 2.24) is 9.80 Å². The molecule has 0 spiro atoms. The molecule has 1 aromatic rings. The van der Waals surface area contributed by atoms with Crippen molar-refractivity contribution in [1.29, 1.82) is 0 Å². The third kappa shape index (κ3) is 2.58. The SMILES string of the molecule is CC(C)=CC[C@@]12CCCN1C(=O)[C@H](Cc1ccoc1)N(C)C2=O. The van der Waals surface area contributed by atoms with Crippen LogP contribution in [0.15, 0.2) is 34.7 Å². The van der Waals surface area contributed by atoms with Gasteiger partial charge in [0.15, 0.2) is 0 Å². The smallest absolute Gasteiger partial charge is 0.249 e. The summed E-state index contributed by atoms with van der Waals surface area (Å²) in [6.45, 7) is 4.73.